The Bertz CT molecular complexity index is 384. The van der Waals surface area contributed by atoms with Crippen molar-refractivity contribution in [2.45, 2.75) is 44.7 Å². The SMILES string of the molecule is COCC(NC1CC(c2ccc(Cl)cc2)C1)C(C)C. The molecule has 1 aliphatic carbocycles. The lowest BCUT2D eigenvalue weighted by molar-refractivity contribution is 0.126. The Kier molecular flexibility index (Phi) is 5.26. The average Bonchev–Trinajstić information content (AvgIpc) is 2.33. The van der Waals surface area contributed by atoms with Crippen molar-refractivity contribution in [1.82, 2.24) is 5.32 Å². The van der Waals surface area contributed by atoms with Gasteiger partial charge in [0.1, 0.15) is 0 Å². The first kappa shape index (κ1) is 14.8. The Balaban J connectivity index is 1.80. The number of benzene rings is 1. The first-order chi connectivity index (χ1) is 9.10. The van der Waals surface area contributed by atoms with Gasteiger partial charge in [0.25, 0.3) is 0 Å². The Labute approximate surface area is 121 Å². The molecular formula is C16H24ClNO. The fourth-order valence-electron chi connectivity index (χ4n) is 2.68. The summed E-state index contributed by atoms with van der Waals surface area (Å²) < 4.78 is 5.28. The zero-order valence-electron chi connectivity index (χ0n) is 12.0. The first-order valence-electron chi connectivity index (χ1n) is 7.10. The molecule has 0 heterocycles. The van der Waals surface area contributed by atoms with Crippen LogP contribution in [0.25, 0.3) is 0 Å². The summed E-state index contributed by atoms with van der Waals surface area (Å²) in [5, 5.41) is 4.53. The molecule has 1 aromatic rings. The zero-order chi connectivity index (χ0) is 13.8. The lowest BCUT2D eigenvalue weighted by atomic mass is 9.75. The molecular weight excluding hydrogens is 258 g/mol. The van der Waals surface area contributed by atoms with Gasteiger partial charge in [-0.3, -0.25) is 0 Å². The molecule has 1 atom stereocenters. The molecule has 3 heteroatoms. The molecule has 1 saturated carbocycles. The fourth-order valence-corrected chi connectivity index (χ4v) is 2.80. The molecule has 1 aliphatic rings. The Morgan fingerprint density at radius 1 is 1.26 bits per heavy atom. The van der Waals surface area contributed by atoms with E-state index in [-0.39, 0.29) is 0 Å². The van der Waals surface area contributed by atoms with E-state index < -0.39 is 0 Å². The van der Waals surface area contributed by atoms with Crippen molar-refractivity contribution in [2.75, 3.05) is 13.7 Å². The van der Waals surface area contributed by atoms with Gasteiger partial charge >= 0.3 is 0 Å². The second-order valence-electron chi connectivity index (χ2n) is 5.89. The molecule has 2 rings (SSSR count). The van der Waals surface area contributed by atoms with Gasteiger partial charge in [-0.05, 0) is 42.4 Å². The van der Waals surface area contributed by atoms with Crippen molar-refractivity contribution in [2.24, 2.45) is 5.92 Å². The third-order valence-corrected chi connectivity index (χ3v) is 4.33. The van der Waals surface area contributed by atoms with Gasteiger partial charge in [0.15, 0.2) is 0 Å². The maximum Gasteiger partial charge on any atom is 0.0618 e. The van der Waals surface area contributed by atoms with Crippen LogP contribution in [-0.4, -0.2) is 25.8 Å². The Morgan fingerprint density at radius 2 is 1.89 bits per heavy atom. The normalized spacial score (nSPS) is 24.3. The molecule has 0 radical (unpaired) electrons. The lowest BCUT2D eigenvalue weighted by Crippen LogP contribution is -2.49. The largest absolute Gasteiger partial charge is 0.383 e. The van der Waals surface area contributed by atoms with Gasteiger partial charge in [0, 0.05) is 24.2 Å². The molecule has 1 aromatic carbocycles. The summed E-state index contributed by atoms with van der Waals surface area (Å²) in [7, 11) is 1.77. The fraction of sp³-hybridized carbons (Fsp3) is 0.625. The monoisotopic (exact) mass is 281 g/mol. The van der Waals surface area contributed by atoms with Gasteiger partial charge in [0.05, 0.1) is 6.61 Å². The van der Waals surface area contributed by atoms with E-state index in [1.54, 1.807) is 7.11 Å². The summed E-state index contributed by atoms with van der Waals surface area (Å²) in [5.41, 5.74) is 1.41. The molecule has 0 bridgehead atoms. The molecule has 0 aliphatic heterocycles. The van der Waals surface area contributed by atoms with Crippen molar-refractivity contribution in [3.05, 3.63) is 34.9 Å². The van der Waals surface area contributed by atoms with E-state index in [0.717, 1.165) is 11.6 Å². The summed E-state index contributed by atoms with van der Waals surface area (Å²) in [4.78, 5) is 0. The number of rotatable bonds is 6. The predicted molar refractivity (Wildman–Crippen MR) is 80.9 cm³/mol. The highest BCUT2D eigenvalue weighted by molar-refractivity contribution is 6.30. The number of halogens is 1. The van der Waals surface area contributed by atoms with E-state index in [1.807, 2.05) is 12.1 Å². The minimum absolute atomic E-state index is 0.459. The quantitative estimate of drug-likeness (QED) is 0.855. The van der Waals surface area contributed by atoms with Gasteiger partial charge in [-0.2, -0.15) is 0 Å². The van der Waals surface area contributed by atoms with Gasteiger partial charge in [-0.25, -0.2) is 0 Å². The predicted octanol–water partition coefficient (Wildman–Crippen LogP) is 3.85. The van der Waals surface area contributed by atoms with E-state index in [9.17, 15) is 0 Å². The van der Waals surface area contributed by atoms with E-state index >= 15 is 0 Å². The van der Waals surface area contributed by atoms with Crippen molar-refractivity contribution in [1.29, 1.82) is 0 Å². The molecule has 1 fully saturated rings. The maximum atomic E-state index is 5.92. The summed E-state index contributed by atoms with van der Waals surface area (Å²) in [6, 6.07) is 9.36. The molecule has 2 nitrogen and oxygen atoms in total. The van der Waals surface area contributed by atoms with Crippen LogP contribution in [0.3, 0.4) is 0 Å². The minimum atomic E-state index is 0.459. The van der Waals surface area contributed by atoms with Gasteiger partial charge in [-0.15, -0.1) is 0 Å². The third kappa shape index (κ3) is 3.95. The van der Waals surface area contributed by atoms with Gasteiger partial charge < -0.3 is 10.1 Å². The van der Waals surface area contributed by atoms with Crippen LogP contribution < -0.4 is 5.32 Å². The van der Waals surface area contributed by atoms with Gasteiger partial charge in [0.2, 0.25) is 0 Å². The number of ether oxygens (including phenoxy) is 1. The zero-order valence-corrected chi connectivity index (χ0v) is 12.8. The molecule has 19 heavy (non-hydrogen) atoms. The highest BCUT2D eigenvalue weighted by Crippen LogP contribution is 2.37. The molecule has 1 unspecified atom stereocenters. The summed E-state index contributed by atoms with van der Waals surface area (Å²) >= 11 is 5.92. The highest BCUT2D eigenvalue weighted by Gasteiger charge is 2.32. The van der Waals surface area contributed by atoms with Crippen LogP contribution in [0.2, 0.25) is 5.02 Å². The van der Waals surface area contributed by atoms with E-state index in [0.29, 0.717) is 23.9 Å². The number of nitrogens with one attached hydrogen (secondary N) is 1. The maximum absolute atomic E-state index is 5.92. The van der Waals surface area contributed by atoms with Crippen LogP contribution >= 0.6 is 11.6 Å². The highest BCUT2D eigenvalue weighted by atomic mass is 35.5. The van der Waals surface area contributed by atoms with Crippen LogP contribution in [0.4, 0.5) is 0 Å². The topological polar surface area (TPSA) is 21.3 Å². The van der Waals surface area contributed by atoms with E-state index in [1.165, 1.54) is 18.4 Å². The minimum Gasteiger partial charge on any atom is -0.383 e. The second-order valence-corrected chi connectivity index (χ2v) is 6.33. The van der Waals surface area contributed by atoms with Crippen LogP contribution in [0.1, 0.15) is 38.2 Å². The smallest absolute Gasteiger partial charge is 0.0618 e. The first-order valence-corrected chi connectivity index (χ1v) is 7.48. The van der Waals surface area contributed by atoms with Gasteiger partial charge in [-0.1, -0.05) is 37.6 Å². The van der Waals surface area contributed by atoms with Crippen LogP contribution in [0, 0.1) is 5.92 Å². The average molecular weight is 282 g/mol. The second kappa shape index (κ2) is 6.74. The van der Waals surface area contributed by atoms with Crippen LogP contribution in [0.5, 0.6) is 0 Å². The van der Waals surface area contributed by atoms with Crippen LogP contribution in [0.15, 0.2) is 24.3 Å². The van der Waals surface area contributed by atoms with Crippen molar-refractivity contribution in [3.8, 4) is 0 Å². The van der Waals surface area contributed by atoms with Crippen LogP contribution in [-0.2, 0) is 4.74 Å². The number of hydrogen-bond acceptors (Lipinski definition) is 2. The van der Waals surface area contributed by atoms with Crippen molar-refractivity contribution < 1.29 is 4.74 Å². The van der Waals surface area contributed by atoms with E-state index in [4.69, 9.17) is 16.3 Å². The molecule has 0 spiro atoms. The Morgan fingerprint density at radius 3 is 2.42 bits per heavy atom. The summed E-state index contributed by atoms with van der Waals surface area (Å²) in [6.07, 6.45) is 2.43. The van der Waals surface area contributed by atoms with Crippen molar-refractivity contribution in [3.63, 3.8) is 0 Å². The lowest BCUT2D eigenvalue weighted by Gasteiger charge is -2.39. The summed E-state index contributed by atoms with van der Waals surface area (Å²) in [5.74, 6) is 1.29. The third-order valence-electron chi connectivity index (χ3n) is 4.08. The Hall–Kier alpha value is -0.570. The molecule has 0 aromatic heterocycles. The summed E-state index contributed by atoms with van der Waals surface area (Å²) in [6.45, 7) is 5.28. The number of hydrogen-bond donors (Lipinski definition) is 1. The molecule has 0 saturated heterocycles. The standard InChI is InChI=1S/C16H24ClNO/c1-11(2)16(10-19-3)18-15-8-13(9-15)12-4-6-14(17)7-5-12/h4-7,11,13,15-16,18H,8-10H2,1-3H3. The van der Waals surface area contributed by atoms with Crippen molar-refractivity contribution >= 4 is 11.6 Å². The molecule has 0 amide bonds. The molecule has 106 valence electrons. The van der Waals surface area contributed by atoms with E-state index in [2.05, 4.69) is 31.3 Å². The molecule has 1 N–H and O–H groups in total. The number of methoxy groups -OCH3 is 1.